The molecule has 0 bridgehead atoms. The van der Waals surface area contributed by atoms with Crippen LogP contribution in [0.15, 0.2) is 59.7 Å². The predicted molar refractivity (Wildman–Crippen MR) is 67.5 cm³/mol. The minimum atomic E-state index is 0.315. The molecule has 1 aromatic carbocycles. The Morgan fingerprint density at radius 3 is 2.38 bits per heavy atom. The molecule has 0 radical (unpaired) electrons. The highest BCUT2D eigenvalue weighted by atomic mass is 16.3. The van der Waals surface area contributed by atoms with Crippen LogP contribution in [0.1, 0.15) is 25.3 Å². The van der Waals surface area contributed by atoms with Gasteiger partial charge in [0.15, 0.2) is 0 Å². The van der Waals surface area contributed by atoms with E-state index < -0.39 is 0 Å². The number of aromatic hydroxyl groups is 1. The lowest BCUT2D eigenvalue weighted by atomic mass is 9.85. The highest BCUT2D eigenvalue weighted by Gasteiger charge is 2.14. The smallest absolute Gasteiger partial charge is 0.115 e. The molecule has 0 aliphatic heterocycles. The molecule has 0 heterocycles. The van der Waals surface area contributed by atoms with Crippen LogP contribution < -0.4 is 0 Å². The van der Waals surface area contributed by atoms with Crippen LogP contribution in [0.4, 0.5) is 0 Å². The molecule has 0 spiro atoms. The van der Waals surface area contributed by atoms with Crippen LogP contribution in [-0.2, 0) is 0 Å². The van der Waals surface area contributed by atoms with E-state index in [0.29, 0.717) is 11.7 Å². The summed E-state index contributed by atoms with van der Waals surface area (Å²) in [5.74, 6) is 0.633. The van der Waals surface area contributed by atoms with Crippen molar-refractivity contribution in [3.63, 3.8) is 0 Å². The Morgan fingerprint density at radius 2 is 1.75 bits per heavy atom. The summed E-state index contributed by atoms with van der Waals surface area (Å²) in [4.78, 5) is 0. The van der Waals surface area contributed by atoms with Crippen LogP contribution in [0.3, 0.4) is 0 Å². The Hall–Kier alpha value is -1.76. The summed E-state index contributed by atoms with van der Waals surface area (Å²) in [7, 11) is 0. The minimum Gasteiger partial charge on any atom is -0.508 e. The quantitative estimate of drug-likeness (QED) is 0.747. The van der Waals surface area contributed by atoms with Gasteiger partial charge in [-0.05, 0) is 37.1 Å². The normalized spacial score (nSPS) is 18.9. The highest BCUT2D eigenvalue weighted by molar-refractivity contribution is 5.46. The Balaban J connectivity index is 2.40. The van der Waals surface area contributed by atoms with Crippen molar-refractivity contribution in [2.24, 2.45) is 0 Å². The van der Waals surface area contributed by atoms with E-state index in [1.807, 2.05) is 12.1 Å². The van der Waals surface area contributed by atoms with Gasteiger partial charge in [0.1, 0.15) is 5.75 Å². The van der Waals surface area contributed by atoms with Crippen LogP contribution >= 0.6 is 0 Å². The van der Waals surface area contributed by atoms with Gasteiger partial charge in [0, 0.05) is 5.92 Å². The predicted octanol–water partition coefficient (Wildman–Crippen LogP) is 3.94. The second-order valence-corrected chi connectivity index (χ2v) is 4.27. The molecular formula is C15H16O. The second-order valence-electron chi connectivity index (χ2n) is 4.27. The van der Waals surface area contributed by atoms with Crippen LogP contribution in [0.2, 0.25) is 0 Å². The average molecular weight is 212 g/mol. The first-order chi connectivity index (χ1) is 7.68. The van der Waals surface area contributed by atoms with Crippen molar-refractivity contribution in [3.8, 4) is 5.75 Å². The lowest BCUT2D eigenvalue weighted by molar-refractivity contribution is 0.475. The van der Waals surface area contributed by atoms with E-state index in [1.54, 1.807) is 12.1 Å². The van der Waals surface area contributed by atoms with Gasteiger partial charge in [-0.25, -0.2) is 0 Å². The van der Waals surface area contributed by atoms with Crippen molar-refractivity contribution in [1.29, 1.82) is 0 Å². The summed E-state index contributed by atoms with van der Waals surface area (Å²) in [6.07, 6.45) is 8.49. The Bertz CT molecular complexity index is 457. The number of hydrogen-bond donors (Lipinski definition) is 1. The molecule has 1 aromatic rings. The van der Waals surface area contributed by atoms with Crippen LogP contribution in [-0.4, -0.2) is 5.11 Å². The first kappa shape index (κ1) is 10.7. The topological polar surface area (TPSA) is 20.2 Å². The highest BCUT2D eigenvalue weighted by Crippen LogP contribution is 2.32. The van der Waals surface area contributed by atoms with E-state index >= 15 is 0 Å². The Kier molecular flexibility index (Phi) is 2.95. The zero-order chi connectivity index (χ0) is 11.5. The third-order valence-corrected chi connectivity index (χ3v) is 2.86. The number of rotatable bonds is 1. The van der Waals surface area contributed by atoms with E-state index in [9.17, 15) is 5.11 Å². The summed E-state index contributed by atoms with van der Waals surface area (Å²) in [6, 6.07) is 7.44. The standard InChI is InChI=1S/C15H16O/c1-11(2)14-5-3-4-6-15(14)12-7-9-13(16)10-8-12/h3-10,15-16H,1-2H3. The van der Waals surface area contributed by atoms with Gasteiger partial charge in [-0.2, -0.15) is 0 Å². The molecule has 1 nitrogen and oxygen atoms in total. The molecule has 0 saturated carbocycles. The fourth-order valence-corrected chi connectivity index (χ4v) is 1.99. The van der Waals surface area contributed by atoms with Crippen molar-refractivity contribution in [1.82, 2.24) is 0 Å². The maximum Gasteiger partial charge on any atom is 0.115 e. The van der Waals surface area contributed by atoms with Gasteiger partial charge in [-0.3, -0.25) is 0 Å². The molecular weight excluding hydrogens is 196 g/mol. The van der Waals surface area contributed by atoms with Gasteiger partial charge in [0.05, 0.1) is 0 Å². The summed E-state index contributed by atoms with van der Waals surface area (Å²) in [6.45, 7) is 4.26. The molecule has 0 saturated heterocycles. The first-order valence-corrected chi connectivity index (χ1v) is 5.49. The van der Waals surface area contributed by atoms with Crippen molar-refractivity contribution >= 4 is 0 Å². The molecule has 16 heavy (non-hydrogen) atoms. The molecule has 1 heteroatoms. The summed E-state index contributed by atoms with van der Waals surface area (Å²) in [5.41, 5.74) is 3.89. The third-order valence-electron chi connectivity index (χ3n) is 2.86. The van der Waals surface area contributed by atoms with Crippen molar-refractivity contribution in [2.45, 2.75) is 19.8 Å². The van der Waals surface area contributed by atoms with E-state index in [2.05, 4.69) is 38.2 Å². The number of benzene rings is 1. The van der Waals surface area contributed by atoms with Gasteiger partial charge in [0.25, 0.3) is 0 Å². The maximum absolute atomic E-state index is 9.29. The number of allylic oxidation sites excluding steroid dienone is 6. The monoisotopic (exact) mass is 212 g/mol. The number of hydrogen-bond acceptors (Lipinski definition) is 1. The molecule has 0 fully saturated rings. The molecule has 0 aromatic heterocycles. The molecule has 82 valence electrons. The fourth-order valence-electron chi connectivity index (χ4n) is 1.99. The summed E-state index contributed by atoms with van der Waals surface area (Å²) in [5, 5.41) is 9.29. The summed E-state index contributed by atoms with van der Waals surface area (Å²) >= 11 is 0. The zero-order valence-corrected chi connectivity index (χ0v) is 9.64. The Labute approximate surface area is 96.4 Å². The second kappa shape index (κ2) is 4.40. The van der Waals surface area contributed by atoms with Gasteiger partial charge in [0.2, 0.25) is 0 Å². The van der Waals surface area contributed by atoms with Crippen molar-refractivity contribution in [2.75, 3.05) is 0 Å². The van der Waals surface area contributed by atoms with E-state index in [-0.39, 0.29) is 0 Å². The van der Waals surface area contributed by atoms with Crippen molar-refractivity contribution < 1.29 is 5.11 Å². The lowest BCUT2D eigenvalue weighted by Crippen LogP contribution is -2.01. The van der Waals surface area contributed by atoms with Gasteiger partial charge >= 0.3 is 0 Å². The molecule has 1 aliphatic rings. The third kappa shape index (κ3) is 2.08. The zero-order valence-electron chi connectivity index (χ0n) is 9.64. The Morgan fingerprint density at radius 1 is 1.06 bits per heavy atom. The SMILES string of the molecule is CC(C)=C1C=CC=CC1c1ccc(O)cc1. The van der Waals surface area contributed by atoms with Crippen LogP contribution in [0, 0.1) is 0 Å². The average Bonchev–Trinajstić information content (AvgIpc) is 2.30. The van der Waals surface area contributed by atoms with Gasteiger partial charge < -0.3 is 5.11 Å². The van der Waals surface area contributed by atoms with E-state index in [0.717, 1.165) is 0 Å². The number of phenols is 1. The molecule has 1 unspecified atom stereocenters. The van der Waals surface area contributed by atoms with Gasteiger partial charge in [-0.15, -0.1) is 0 Å². The fraction of sp³-hybridized carbons (Fsp3) is 0.200. The molecule has 1 atom stereocenters. The van der Waals surface area contributed by atoms with Crippen LogP contribution in [0.5, 0.6) is 5.75 Å². The minimum absolute atomic E-state index is 0.315. The molecule has 1 N–H and O–H groups in total. The molecule has 0 amide bonds. The van der Waals surface area contributed by atoms with E-state index in [4.69, 9.17) is 0 Å². The number of phenolic OH excluding ortho intramolecular Hbond substituents is 1. The largest absolute Gasteiger partial charge is 0.508 e. The first-order valence-electron chi connectivity index (χ1n) is 5.49. The lowest BCUT2D eigenvalue weighted by Gasteiger charge is -2.19. The van der Waals surface area contributed by atoms with Gasteiger partial charge in [-0.1, -0.05) is 42.0 Å². The molecule has 2 rings (SSSR count). The van der Waals surface area contributed by atoms with E-state index in [1.165, 1.54) is 16.7 Å². The summed E-state index contributed by atoms with van der Waals surface area (Å²) < 4.78 is 0. The van der Waals surface area contributed by atoms with Crippen LogP contribution in [0.25, 0.3) is 0 Å². The molecule has 1 aliphatic carbocycles. The maximum atomic E-state index is 9.29. The van der Waals surface area contributed by atoms with Crippen molar-refractivity contribution in [3.05, 3.63) is 65.3 Å².